The summed E-state index contributed by atoms with van der Waals surface area (Å²) in [6.07, 6.45) is 1.50. The Hall–Kier alpha value is -1.18. The van der Waals surface area contributed by atoms with Crippen LogP contribution in [-0.4, -0.2) is 10.2 Å². The van der Waals surface area contributed by atoms with Crippen LogP contribution in [0.4, 0.5) is 0 Å². The summed E-state index contributed by atoms with van der Waals surface area (Å²) in [5.41, 5.74) is 3.49. The van der Waals surface area contributed by atoms with Crippen molar-refractivity contribution in [1.82, 2.24) is 0 Å². The van der Waals surface area contributed by atoms with Gasteiger partial charge in [0.25, 0.3) is 0 Å². The zero-order chi connectivity index (χ0) is 12.5. The van der Waals surface area contributed by atoms with E-state index in [1.165, 1.54) is 0 Å². The second-order valence-electron chi connectivity index (χ2n) is 4.55. The fourth-order valence-corrected chi connectivity index (χ4v) is 2.39. The fourth-order valence-electron chi connectivity index (χ4n) is 2.39. The lowest BCUT2D eigenvalue weighted by Gasteiger charge is -2.20. The molecule has 0 saturated carbocycles. The molecule has 0 bridgehead atoms. The maximum Gasteiger partial charge on any atom is 0.122 e. The van der Waals surface area contributed by atoms with Crippen molar-refractivity contribution in [3.8, 4) is 11.5 Å². The van der Waals surface area contributed by atoms with Crippen LogP contribution in [0, 0.1) is 6.92 Å². The first-order valence-corrected chi connectivity index (χ1v) is 6.01. The van der Waals surface area contributed by atoms with E-state index >= 15 is 0 Å². The van der Waals surface area contributed by atoms with Gasteiger partial charge in [-0.2, -0.15) is 0 Å². The molecular formula is C14H22O2. The molecule has 90 valence electrons. The van der Waals surface area contributed by atoms with Gasteiger partial charge in [-0.25, -0.2) is 0 Å². The van der Waals surface area contributed by atoms with Crippen molar-refractivity contribution in [2.45, 2.75) is 53.4 Å². The first-order valence-electron chi connectivity index (χ1n) is 6.01. The second-order valence-corrected chi connectivity index (χ2v) is 4.55. The van der Waals surface area contributed by atoms with E-state index in [2.05, 4.69) is 0 Å². The SMILES string of the molecule is CCc1c(C)c(O)c(C(C)C)c(CC)c1O. The van der Waals surface area contributed by atoms with E-state index in [0.717, 1.165) is 35.1 Å². The van der Waals surface area contributed by atoms with Gasteiger partial charge < -0.3 is 10.2 Å². The molecule has 0 unspecified atom stereocenters. The number of aromatic hydroxyl groups is 2. The van der Waals surface area contributed by atoms with E-state index in [1.807, 2.05) is 34.6 Å². The molecule has 0 radical (unpaired) electrons. The van der Waals surface area contributed by atoms with E-state index in [4.69, 9.17) is 0 Å². The summed E-state index contributed by atoms with van der Waals surface area (Å²) in [4.78, 5) is 0. The molecule has 2 N–H and O–H groups in total. The van der Waals surface area contributed by atoms with Gasteiger partial charge in [-0.3, -0.25) is 0 Å². The van der Waals surface area contributed by atoms with Crippen LogP contribution in [0.2, 0.25) is 0 Å². The van der Waals surface area contributed by atoms with Crippen LogP contribution < -0.4 is 0 Å². The molecule has 2 heteroatoms. The second kappa shape index (κ2) is 4.77. The lowest BCUT2D eigenvalue weighted by atomic mass is 9.88. The van der Waals surface area contributed by atoms with E-state index in [-0.39, 0.29) is 5.92 Å². The Balaban J connectivity index is 3.63. The zero-order valence-electron chi connectivity index (χ0n) is 10.9. The van der Waals surface area contributed by atoms with Gasteiger partial charge in [-0.1, -0.05) is 27.7 Å². The highest BCUT2D eigenvalue weighted by molar-refractivity contribution is 5.58. The van der Waals surface area contributed by atoms with Gasteiger partial charge in [-0.05, 0) is 31.2 Å². The summed E-state index contributed by atoms with van der Waals surface area (Å²) in [5.74, 6) is 0.968. The third-order valence-corrected chi connectivity index (χ3v) is 3.24. The zero-order valence-corrected chi connectivity index (χ0v) is 10.9. The summed E-state index contributed by atoms with van der Waals surface area (Å²) in [6, 6.07) is 0. The Kier molecular flexibility index (Phi) is 3.84. The van der Waals surface area contributed by atoms with Gasteiger partial charge in [0.2, 0.25) is 0 Å². The Labute approximate surface area is 97.9 Å². The van der Waals surface area contributed by atoms with Crippen LogP contribution in [0.15, 0.2) is 0 Å². The van der Waals surface area contributed by atoms with E-state index in [9.17, 15) is 10.2 Å². The minimum absolute atomic E-state index is 0.227. The number of benzene rings is 1. The summed E-state index contributed by atoms with van der Waals surface area (Å²) in [5, 5.41) is 20.4. The molecule has 0 amide bonds. The number of hydrogen-bond donors (Lipinski definition) is 2. The fraction of sp³-hybridized carbons (Fsp3) is 0.571. The van der Waals surface area contributed by atoms with Crippen molar-refractivity contribution in [2.75, 3.05) is 0 Å². The minimum Gasteiger partial charge on any atom is -0.507 e. The van der Waals surface area contributed by atoms with Crippen LogP contribution in [0.25, 0.3) is 0 Å². The number of rotatable bonds is 3. The predicted octanol–water partition coefficient (Wildman–Crippen LogP) is 3.65. The van der Waals surface area contributed by atoms with Gasteiger partial charge in [0, 0.05) is 16.7 Å². The van der Waals surface area contributed by atoms with Gasteiger partial charge >= 0.3 is 0 Å². The molecule has 2 nitrogen and oxygen atoms in total. The molecule has 16 heavy (non-hydrogen) atoms. The monoisotopic (exact) mass is 222 g/mol. The van der Waals surface area contributed by atoms with Crippen LogP contribution in [0.1, 0.15) is 55.9 Å². The topological polar surface area (TPSA) is 40.5 Å². The lowest BCUT2D eigenvalue weighted by Crippen LogP contribution is -2.02. The predicted molar refractivity (Wildman–Crippen MR) is 67.4 cm³/mol. The molecule has 0 aliphatic carbocycles. The van der Waals surface area contributed by atoms with Gasteiger partial charge in [0.15, 0.2) is 0 Å². The minimum atomic E-state index is 0.227. The third-order valence-electron chi connectivity index (χ3n) is 3.24. The number of hydrogen-bond acceptors (Lipinski definition) is 2. The van der Waals surface area contributed by atoms with Crippen LogP contribution in [0.3, 0.4) is 0 Å². The first-order chi connectivity index (χ1) is 7.45. The molecule has 0 saturated heterocycles. The molecular weight excluding hydrogens is 200 g/mol. The molecule has 0 aromatic heterocycles. The highest BCUT2D eigenvalue weighted by Crippen LogP contribution is 2.41. The third kappa shape index (κ3) is 1.89. The lowest BCUT2D eigenvalue weighted by molar-refractivity contribution is 0.436. The standard InChI is InChI=1S/C14H22O2/c1-6-10-9(5)13(15)12(8(3)4)11(7-2)14(10)16/h8,15-16H,6-7H2,1-5H3. The van der Waals surface area contributed by atoms with Crippen LogP contribution >= 0.6 is 0 Å². The molecule has 0 atom stereocenters. The summed E-state index contributed by atoms with van der Waals surface area (Å²) >= 11 is 0. The van der Waals surface area contributed by atoms with Crippen LogP contribution in [0.5, 0.6) is 11.5 Å². The summed E-state index contributed by atoms with van der Waals surface area (Å²) in [7, 11) is 0. The maximum atomic E-state index is 10.2. The number of phenolic OH excluding ortho intramolecular Hbond substituents is 2. The van der Waals surface area contributed by atoms with Crippen molar-refractivity contribution in [3.05, 3.63) is 22.3 Å². The summed E-state index contributed by atoms with van der Waals surface area (Å²) in [6.45, 7) is 9.96. The maximum absolute atomic E-state index is 10.2. The quantitative estimate of drug-likeness (QED) is 0.766. The normalized spacial score (nSPS) is 11.1. The van der Waals surface area contributed by atoms with E-state index in [0.29, 0.717) is 11.5 Å². The molecule has 0 aliphatic rings. The smallest absolute Gasteiger partial charge is 0.122 e. The van der Waals surface area contributed by atoms with Crippen molar-refractivity contribution in [3.63, 3.8) is 0 Å². The molecule has 1 rings (SSSR count). The largest absolute Gasteiger partial charge is 0.507 e. The molecule has 1 aromatic rings. The number of phenols is 2. The molecule has 1 aromatic carbocycles. The first kappa shape index (κ1) is 12.9. The molecule has 0 spiro atoms. The summed E-state index contributed by atoms with van der Waals surface area (Å²) < 4.78 is 0. The van der Waals surface area contributed by atoms with Crippen molar-refractivity contribution >= 4 is 0 Å². The highest BCUT2D eigenvalue weighted by atomic mass is 16.3. The van der Waals surface area contributed by atoms with Gasteiger partial charge in [-0.15, -0.1) is 0 Å². The van der Waals surface area contributed by atoms with Gasteiger partial charge in [0.05, 0.1) is 0 Å². The average molecular weight is 222 g/mol. The van der Waals surface area contributed by atoms with Crippen molar-refractivity contribution in [2.24, 2.45) is 0 Å². The molecule has 0 fully saturated rings. The van der Waals surface area contributed by atoms with Crippen LogP contribution in [-0.2, 0) is 12.8 Å². The Bertz CT molecular complexity index is 392. The van der Waals surface area contributed by atoms with Crippen molar-refractivity contribution in [1.29, 1.82) is 0 Å². The Morgan fingerprint density at radius 2 is 1.44 bits per heavy atom. The Morgan fingerprint density at radius 3 is 1.81 bits per heavy atom. The molecule has 0 heterocycles. The van der Waals surface area contributed by atoms with E-state index in [1.54, 1.807) is 0 Å². The van der Waals surface area contributed by atoms with E-state index < -0.39 is 0 Å². The highest BCUT2D eigenvalue weighted by Gasteiger charge is 2.20. The average Bonchev–Trinajstić information content (AvgIpc) is 2.23. The molecule has 0 aliphatic heterocycles. The van der Waals surface area contributed by atoms with Crippen molar-refractivity contribution < 1.29 is 10.2 Å². The Morgan fingerprint density at radius 1 is 0.938 bits per heavy atom. The van der Waals surface area contributed by atoms with Gasteiger partial charge in [0.1, 0.15) is 11.5 Å².